The molecule has 0 bridgehead atoms. The molecule has 1 aromatic heterocycles. The van der Waals surface area contributed by atoms with Gasteiger partial charge in [0, 0.05) is 29.4 Å². The molecule has 1 heterocycles. The number of nitrogens with zero attached hydrogens (tertiary/aromatic N) is 2. The van der Waals surface area contributed by atoms with Crippen LogP contribution in [-0.2, 0) is 0 Å². The van der Waals surface area contributed by atoms with E-state index in [1.165, 1.54) is 25.7 Å². The maximum absolute atomic E-state index is 6.02. The normalized spacial score (nSPS) is 17.5. The van der Waals surface area contributed by atoms with Gasteiger partial charge in [-0.05, 0) is 51.2 Å². The average molecular weight is 284 g/mol. The molecule has 0 radical (unpaired) electrons. The minimum atomic E-state index is 0.274. The van der Waals surface area contributed by atoms with Gasteiger partial charge in [0.25, 0.3) is 0 Å². The summed E-state index contributed by atoms with van der Waals surface area (Å²) >= 11 is 0. The predicted octanol–water partition coefficient (Wildman–Crippen LogP) is 3.10. The molecule has 4 heteroatoms. The molecule has 1 aliphatic carbocycles. The SMILES string of the molecule is CN(C)C1(CNc2ccc(N)c3ncccc23)CCCC1. The van der Waals surface area contributed by atoms with Gasteiger partial charge in [-0.2, -0.15) is 0 Å². The van der Waals surface area contributed by atoms with Crippen LogP contribution in [0.25, 0.3) is 10.9 Å². The Morgan fingerprint density at radius 2 is 2.00 bits per heavy atom. The molecule has 0 aliphatic heterocycles. The number of nitrogen functional groups attached to an aromatic ring is 1. The molecule has 1 aliphatic rings. The van der Waals surface area contributed by atoms with Crippen LogP contribution in [0.4, 0.5) is 11.4 Å². The van der Waals surface area contributed by atoms with Crippen molar-refractivity contribution in [3.05, 3.63) is 30.5 Å². The third-order valence-corrected chi connectivity index (χ3v) is 4.89. The van der Waals surface area contributed by atoms with Crippen LogP contribution in [0.5, 0.6) is 0 Å². The Bertz CT molecular complexity index is 630. The van der Waals surface area contributed by atoms with Gasteiger partial charge in [-0.3, -0.25) is 4.98 Å². The first-order chi connectivity index (χ1) is 10.1. The van der Waals surface area contributed by atoms with Gasteiger partial charge in [0.1, 0.15) is 0 Å². The van der Waals surface area contributed by atoms with Crippen LogP contribution in [-0.4, -0.2) is 36.1 Å². The summed E-state index contributed by atoms with van der Waals surface area (Å²) in [6, 6.07) is 8.05. The van der Waals surface area contributed by atoms with Gasteiger partial charge in [-0.25, -0.2) is 0 Å². The second-order valence-electron chi connectivity index (χ2n) is 6.28. The summed E-state index contributed by atoms with van der Waals surface area (Å²) in [4.78, 5) is 6.78. The molecule has 2 aromatic rings. The molecule has 3 N–H and O–H groups in total. The Hall–Kier alpha value is -1.81. The highest BCUT2D eigenvalue weighted by molar-refractivity contribution is 5.98. The van der Waals surface area contributed by atoms with Crippen LogP contribution in [0.2, 0.25) is 0 Å². The summed E-state index contributed by atoms with van der Waals surface area (Å²) in [7, 11) is 4.38. The largest absolute Gasteiger partial charge is 0.397 e. The van der Waals surface area contributed by atoms with Gasteiger partial charge in [-0.1, -0.05) is 12.8 Å². The fraction of sp³-hybridized carbons (Fsp3) is 0.471. The van der Waals surface area contributed by atoms with E-state index >= 15 is 0 Å². The van der Waals surface area contributed by atoms with Crippen molar-refractivity contribution in [2.24, 2.45) is 0 Å². The van der Waals surface area contributed by atoms with Crippen molar-refractivity contribution in [2.75, 3.05) is 31.7 Å². The molecule has 0 unspecified atom stereocenters. The summed E-state index contributed by atoms with van der Waals surface area (Å²) in [6.45, 7) is 0.966. The molecule has 0 amide bonds. The number of pyridine rings is 1. The molecule has 1 saturated carbocycles. The van der Waals surface area contributed by atoms with Crippen LogP contribution in [0, 0.1) is 0 Å². The lowest BCUT2D eigenvalue weighted by molar-refractivity contribution is 0.172. The third-order valence-electron chi connectivity index (χ3n) is 4.89. The van der Waals surface area contributed by atoms with E-state index < -0.39 is 0 Å². The zero-order valence-corrected chi connectivity index (χ0v) is 12.9. The summed E-state index contributed by atoms with van der Waals surface area (Å²) in [5.41, 5.74) is 9.04. The lowest BCUT2D eigenvalue weighted by atomic mass is 9.95. The minimum absolute atomic E-state index is 0.274. The Morgan fingerprint density at radius 1 is 1.24 bits per heavy atom. The zero-order valence-electron chi connectivity index (χ0n) is 12.9. The van der Waals surface area contributed by atoms with E-state index in [1.54, 1.807) is 6.20 Å². The molecular formula is C17H24N4. The predicted molar refractivity (Wildman–Crippen MR) is 89.5 cm³/mol. The number of aromatic nitrogens is 1. The van der Waals surface area contributed by atoms with E-state index in [2.05, 4.69) is 41.4 Å². The molecular weight excluding hydrogens is 260 g/mol. The molecule has 0 spiro atoms. The summed E-state index contributed by atoms with van der Waals surface area (Å²) < 4.78 is 0. The molecule has 1 aromatic carbocycles. The topological polar surface area (TPSA) is 54.2 Å². The Labute approximate surface area is 126 Å². The number of hydrogen-bond acceptors (Lipinski definition) is 4. The Kier molecular flexibility index (Phi) is 3.72. The smallest absolute Gasteiger partial charge is 0.0951 e. The van der Waals surface area contributed by atoms with Gasteiger partial charge >= 0.3 is 0 Å². The number of fused-ring (bicyclic) bond motifs is 1. The van der Waals surface area contributed by atoms with E-state index in [0.717, 1.165) is 28.8 Å². The fourth-order valence-electron chi connectivity index (χ4n) is 3.42. The second-order valence-corrected chi connectivity index (χ2v) is 6.28. The van der Waals surface area contributed by atoms with Crippen LogP contribution in [0.15, 0.2) is 30.5 Å². The van der Waals surface area contributed by atoms with E-state index in [0.29, 0.717) is 0 Å². The summed E-state index contributed by atoms with van der Waals surface area (Å²) in [5.74, 6) is 0. The van der Waals surface area contributed by atoms with Crippen LogP contribution < -0.4 is 11.1 Å². The maximum atomic E-state index is 6.02. The minimum Gasteiger partial charge on any atom is -0.397 e. The number of nitrogens with two attached hydrogens (primary N) is 1. The molecule has 4 nitrogen and oxygen atoms in total. The van der Waals surface area contributed by atoms with E-state index in [-0.39, 0.29) is 5.54 Å². The van der Waals surface area contributed by atoms with E-state index in [1.807, 2.05) is 12.1 Å². The number of anilines is 2. The fourth-order valence-corrected chi connectivity index (χ4v) is 3.42. The Morgan fingerprint density at radius 3 is 2.71 bits per heavy atom. The van der Waals surface area contributed by atoms with Gasteiger partial charge < -0.3 is 16.0 Å². The van der Waals surface area contributed by atoms with Crippen LogP contribution in [0.1, 0.15) is 25.7 Å². The molecule has 3 rings (SSSR count). The van der Waals surface area contributed by atoms with Crippen molar-refractivity contribution in [3.63, 3.8) is 0 Å². The van der Waals surface area contributed by atoms with E-state index in [9.17, 15) is 0 Å². The van der Waals surface area contributed by atoms with Crippen LogP contribution in [0.3, 0.4) is 0 Å². The van der Waals surface area contributed by atoms with Crippen molar-refractivity contribution in [2.45, 2.75) is 31.2 Å². The average Bonchev–Trinajstić information content (AvgIpc) is 2.97. The molecule has 112 valence electrons. The van der Waals surface area contributed by atoms with Crippen molar-refractivity contribution in [1.82, 2.24) is 9.88 Å². The van der Waals surface area contributed by atoms with Crippen LogP contribution >= 0.6 is 0 Å². The third kappa shape index (κ3) is 2.56. The number of benzene rings is 1. The van der Waals surface area contributed by atoms with Gasteiger partial charge in [0.2, 0.25) is 0 Å². The molecule has 0 atom stereocenters. The molecule has 21 heavy (non-hydrogen) atoms. The highest BCUT2D eigenvalue weighted by Crippen LogP contribution is 2.35. The van der Waals surface area contributed by atoms with E-state index in [4.69, 9.17) is 5.73 Å². The second kappa shape index (κ2) is 5.53. The Balaban J connectivity index is 1.87. The highest BCUT2D eigenvalue weighted by atomic mass is 15.2. The molecule has 0 saturated heterocycles. The number of likely N-dealkylation sites (N-methyl/N-ethyl adjacent to an activating group) is 1. The van der Waals surface area contributed by atoms with Gasteiger partial charge in [0.05, 0.1) is 11.2 Å². The summed E-state index contributed by atoms with van der Waals surface area (Å²) in [6.07, 6.45) is 6.96. The highest BCUT2D eigenvalue weighted by Gasteiger charge is 2.35. The van der Waals surface area contributed by atoms with Crippen molar-refractivity contribution in [3.8, 4) is 0 Å². The lowest BCUT2D eigenvalue weighted by Gasteiger charge is -2.37. The van der Waals surface area contributed by atoms with Crippen molar-refractivity contribution < 1.29 is 0 Å². The van der Waals surface area contributed by atoms with Crippen molar-refractivity contribution >= 4 is 22.3 Å². The number of hydrogen-bond donors (Lipinski definition) is 2. The first kappa shape index (κ1) is 14.1. The monoisotopic (exact) mass is 284 g/mol. The standard InChI is InChI=1S/C17H24N4/c1-21(2)17(9-3-4-10-17)12-20-15-8-7-14(18)16-13(15)6-5-11-19-16/h5-8,11,20H,3-4,9-10,12,18H2,1-2H3. The lowest BCUT2D eigenvalue weighted by Crippen LogP contribution is -2.47. The van der Waals surface area contributed by atoms with Gasteiger partial charge in [0.15, 0.2) is 0 Å². The van der Waals surface area contributed by atoms with Crippen molar-refractivity contribution in [1.29, 1.82) is 0 Å². The quantitative estimate of drug-likeness (QED) is 0.847. The van der Waals surface area contributed by atoms with Gasteiger partial charge in [-0.15, -0.1) is 0 Å². The molecule has 1 fully saturated rings. The first-order valence-corrected chi connectivity index (χ1v) is 7.67. The summed E-state index contributed by atoms with van der Waals surface area (Å²) in [5, 5.41) is 4.74. The maximum Gasteiger partial charge on any atom is 0.0951 e. The zero-order chi connectivity index (χ0) is 14.9. The number of rotatable bonds is 4. The number of nitrogens with one attached hydrogen (secondary N) is 1. The first-order valence-electron chi connectivity index (χ1n) is 7.67.